The number of rotatable bonds is 11. The van der Waals surface area contributed by atoms with Crippen LogP contribution < -0.4 is 9.62 Å². The molecule has 192 valence electrons. The van der Waals surface area contributed by atoms with Crippen LogP contribution in [0.4, 0.5) is 14.5 Å². The van der Waals surface area contributed by atoms with E-state index in [0.29, 0.717) is 17.1 Å². The van der Waals surface area contributed by atoms with Crippen LogP contribution >= 0.6 is 0 Å². The van der Waals surface area contributed by atoms with E-state index in [1.165, 1.54) is 4.90 Å². The molecule has 10 heteroatoms. The molecule has 2 amide bonds. The first kappa shape index (κ1) is 28.2. The van der Waals surface area contributed by atoms with Crippen molar-refractivity contribution in [3.63, 3.8) is 0 Å². The van der Waals surface area contributed by atoms with E-state index in [0.717, 1.165) is 35.6 Å². The molecule has 2 aromatic carbocycles. The molecule has 0 aromatic heterocycles. The SMILES string of the molecule is CCC(C)NC(=O)C(CC)N(Cc1ccccc1C)C(=O)CN(c1ccc(F)c(F)c1)S(C)(=O)=O. The molecule has 0 fully saturated rings. The fourth-order valence-corrected chi connectivity index (χ4v) is 4.43. The normalized spacial score (nSPS) is 13.1. The molecule has 0 aliphatic rings. The van der Waals surface area contributed by atoms with Crippen LogP contribution in [-0.4, -0.2) is 50.0 Å². The zero-order valence-electron chi connectivity index (χ0n) is 20.7. The summed E-state index contributed by atoms with van der Waals surface area (Å²) in [6.45, 7) is 6.82. The highest BCUT2D eigenvalue weighted by Crippen LogP contribution is 2.22. The number of aryl methyl sites for hydroxylation is 1. The Morgan fingerprint density at radius 2 is 1.69 bits per heavy atom. The average molecular weight is 510 g/mol. The first-order chi connectivity index (χ1) is 16.4. The van der Waals surface area contributed by atoms with Gasteiger partial charge in [-0.3, -0.25) is 13.9 Å². The second-order valence-electron chi connectivity index (χ2n) is 8.56. The average Bonchev–Trinajstić information content (AvgIpc) is 2.79. The van der Waals surface area contributed by atoms with Crippen molar-refractivity contribution in [2.75, 3.05) is 17.1 Å². The molecule has 2 unspecified atom stereocenters. The Balaban J connectivity index is 2.47. The van der Waals surface area contributed by atoms with E-state index in [1.807, 2.05) is 45.0 Å². The lowest BCUT2D eigenvalue weighted by molar-refractivity contribution is -0.140. The van der Waals surface area contributed by atoms with Gasteiger partial charge in [-0.05, 0) is 49.9 Å². The summed E-state index contributed by atoms with van der Waals surface area (Å²) < 4.78 is 53.0. The number of nitrogens with one attached hydrogen (secondary N) is 1. The van der Waals surface area contributed by atoms with E-state index in [4.69, 9.17) is 0 Å². The first-order valence-corrected chi connectivity index (χ1v) is 13.3. The molecule has 7 nitrogen and oxygen atoms in total. The van der Waals surface area contributed by atoms with E-state index in [-0.39, 0.29) is 24.2 Å². The largest absolute Gasteiger partial charge is 0.352 e. The second-order valence-corrected chi connectivity index (χ2v) is 10.5. The Morgan fingerprint density at radius 3 is 2.23 bits per heavy atom. The Hall–Kier alpha value is -3.01. The van der Waals surface area contributed by atoms with Crippen molar-refractivity contribution < 1.29 is 26.8 Å². The number of sulfonamides is 1. The maximum Gasteiger partial charge on any atom is 0.244 e. The molecule has 2 rings (SSSR count). The Kier molecular flexibility index (Phi) is 9.76. The highest BCUT2D eigenvalue weighted by Gasteiger charge is 2.32. The van der Waals surface area contributed by atoms with Crippen LogP contribution in [0.1, 0.15) is 44.7 Å². The topological polar surface area (TPSA) is 86.8 Å². The molecule has 0 heterocycles. The Morgan fingerprint density at radius 1 is 1.03 bits per heavy atom. The number of halogens is 2. The van der Waals surface area contributed by atoms with Gasteiger partial charge >= 0.3 is 0 Å². The number of hydrogen-bond acceptors (Lipinski definition) is 4. The molecule has 0 radical (unpaired) electrons. The fraction of sp³-hybridized carbons (Fsp3) is 0.440. The van der Waals surface area contributed by atoms with Gasteiger partial charge in [0.15, 0.2) is 11.6 Å². The summed E-state index contributed by atoms with van der Waals surface area (Å²) in [6, 6.07) is 9.02. The number of nitrogens with zero attached hydrogens (tertiary/aromatic N) is 2. The molecule has 0 bridgehead atoms. The van der Waals surface area contributed by atoms with Gasteiger partial charge < -0.3 is 10.2 Å². The maximum absolute atomic E-state index is 13.9. The van der Waals surface area contributed by atoms with Gasteiger partial charge in [-0.25, -0.2) is 17.2 Å². The number of carbonyl (C=O) groups is 2. The number of anilines is 1. The van der Waals surface area contributed by atoms with E-state index in [1.54, 1.807) is 6.92 Å². The number of hydrogen-bond donors (Lipinski definition) is 1. The van der Waals surface area contributed by atoms with Crippen LogP contribution in [-0.2, 0) is 26.2 Å². The number of amides is 2. The third-order valence-electron chi connectivity index (χ3n) is 5.86. The van der Waals surface area contributed by atoms with Crippen molar-refractivity contribution in [1.29, 1.82) is 0 Å². The lowest BCUT2D eigenvalue weighted by Crippen LogP contribution is -2.53. The van der Waals surface area contributed by atoms with E-state index in [2.05, 4.69) is 5.32 Å². The molecule has 0 saturated heterocycles. The van der Waals surface area contributed by atoms with Gasteiger partial charge in [-0.1, -0.05) is 38.1 Å². The minimum absolute atomic E-state index is 0.0767. The highest BCUT2D eigenvalue weighted by molar-refractivity contribution is 7.92. The number of benzene rings is 2. The summed E-state index contributed by atoms with van der Waals surface area (Å²) >= 11 is 0. The maximum atomic E-state index is 13.9. The Labute approximate surface area is 206 Å². The molecule has 0 aliphatic carbocycles. The highest BCUT2D eigenvalue weighted by atomic mass is 32.2. The van der Waals surface area contributed by atoms with Crippen molar-refractivity contribution in [2.45, 2.75) is 59.2 Å². The van der Waals surface area contributed by atoms with Crippen molar-refractivity contribution >= 4 is 27.5 Å². The van der Waals surface area contributed by atoms with E-state index in [9.17, 15) is 26.8 Å². The molecule has 2 atom stereocenters. The van der Waals surface area contributed by atoms with Crippen molar-refractivity contribution in [3.8, 4) is 0 Å². The Bertz CT molecular complexity index is 1160. The van der Waals surface area contributed by atoms with Crippen LogP contribution in [0.15, 0.2) is 42.5 Å². The van der Waals surface area contributed by atoms with Gasteiger partial charge in [0.05, 0.1) is 11.9 Å². The molecular formula is C25H33F2N3O4S. The summed E-state index contributed by atoms with van der Waals surface area (Å²) in [5.74, 6) is -3.36. The minimum Gasteiger partial charge on any atom is -0.352 e. The minimum atomic E-state index is -4.04. The molecular weight excluding hydrogens is 476 g/mol. The van der Waals surface area contributed by atoms with Crippen molar-refractivity contribution in [2.24, 2.45) is 0 Å². The third kappa shape index (κ3) is 7.48. The molecule has 1 N–H and O–H groups in total. The predicted octanol–water partition coefficient (Wildman–Crippen LogP) is 3.76. The lowest BCUT2D eigenvalue weighted by atomic mass is 10.1. The summed E-state index contributed by atoms with van der Waals surface area (Å²) in [6.07, 6.45) is 1.87. The second kappa shape index (κ2) is 12.1. The van der Waals surface area contributed by atoms with Gasteiger partial charge in [0.25, 0.3) is 0 Å². The molecule has 35 heavy (non-hydrogen) atoms. The van der Waals surface area contributed by atoms with E-state index >= 15 is 0 Å². The smallest absolute Gasteiger partial charge is 0.244 e. The van der Waals surface area contributed by atoms with Gasteiger partial charge in [0.1, 0.15) is 12.6 Å². The lowest BCUT2D eigenvalue weighted by Gasteiger charge is -2.33. The molecule has 0 spiro atoms. The number of carbonyl (C=O) groups excluding carboxylic acids is 2. The predicted molar refractivity (Wildman–Crippen MR) is 132 cm³/mol. The van der Waals surface area contributed by atoms with Crippen molar-refractivity contribution in [3.05, 3.63) is 65.2 Å². The van der Waals surface area contributed by atoms with Crippen LogP contribution in [0, 0.1) is 18.6 Å². The van der Waals surface area contributed by atoms with Gasteiger partial charge in [-0.2, -0.15) is 0 Å². The first-order valence-electron chi connectivity index (χ1n) is 11.5. The van der Waals surface area contributed by atoms with Gasteiger partial charge in [-0.15, -0.1) is 0 Å². The standard InChI is InChI=1S/C25H33F2N3O4S/c1-6-18(4)28-25(32)23(7-2)29(15-19-11-9-8-10-17(19)3)24(31)16-30(35(5,33)34)20-12-13-21(26)22(27)14-20/h8-14,18,23H,6-7,15-16H2,1-5H3,(H,28,32). The van der Waals surface area contributed by atoms with Crippen LogP contribution in [0.5, 0.6) is 0 Å². The quantitative estimate of drug-likeness (QED) is 0.500. The summed E-state index contributed by atoms with van der Waals surface area (Å²) in [7, 11) is -4.04. The summed E-state index contributed by atoms with van der Waals surface area (Å²) in [4.78, 5) is 28.0. The zero-order valence-corrected chi connectivity index (χ0v) is 21.5. The molecule has 2 aromatic rings. The van der Waals surface area contributed by atoms with Crippen molar-refractivity contribution in [1.82, 2.24) is 10.2 Å². The van der Waals surface area contributed by atoms with Crippen LogP contribution in [0.25, 0.3) is 0 Å². The van der Waals surface area contributed by atoms with Gasteiger partial charge in [0, 0.05) is 18.7 Å². The molecule has 0 aliphatic heterocycles. The summed E-state index contributed by atoms with van der Waals surface area (Å²) in [5, 5.41) is 2.89. The van der Waals surface area contributed by atoms with Crippen LogP contribution in [0.2, 0.25) is 0 Å². The van der Waals surface area contributed by atoms with E-state index < -0.39 is 40.2 Å². The third-order valence-corrected chi connectivity index (χ3v) is 7.00. The summed E-state index contributed by atoms with van der Waals surface area (Å²) in [5.41, 5.74) is 1.52. The zero-order chi connectivity index (χ0) is 26.3. The monoisotopic (exact) mass is 509 g/mol. The van der Waals surface area contributed by atoms with Gasteiger partial charge in [0.2, 0.25) is 21.8 Å². The fourth-order valence-electron chi connectivity index (χ4n) is 3.59. The van der Waals surface area contributed by atoms with Crippen LogP contribution in [0.3, 0.4) is 0 Å². The molecule has 0 saturated carbocycles.